The van der Waals surface area contributed by atoms with E-state index in [1.54, 1.807) is 25.1 Å². The van der Waals surface area contributed by atoms with Gasteiger partial charge in [0.1, 0.15) is 11.5 Å². The Bertz CT molecular complexity index is 1000. The second kappa shape index (κ2) is 10.7. The van der Waals surface area contributed by atoms with Crippen LogP contribution < -0.4 is 20.4 Å². The van der Waals surface area contributed by atoms with Crippen molar-refractivity contribution in [3.8, 4) is 11.5 Å². The van der Waals surface area contributed by atoms with Gasteiger partial charge in [-0.25, -0.2) is 5.01 Å². The Hall–Kier alpha value is -3.04. The zero-order valence-corrected chi connectivity index (χ0v) is 20.3. The Kier molecular flexibility index (Phi) is 8.52. The highest BCUT2D eigenvalue weighted by atomic mass is 16.5. The van der Waals surface area contributed by atoms with Crippen molar-refractivity contribution in [2.24, 2.45) is 5.41 Å². The molecule has 0 radical (unpaired) electrons. The molecule has 1 unspecified atom stereocenters. The molecule has 0 aliphatic rings. The van der Waals surface area contributed by atoms with Crippen LogP contribution >= 0.6 is 0 Å². The molecule has 0 spiro atoms. The molecule has 0 heterocycles. The van der Waals surface area contributed by atoms with E-state index in [1.165, 1.54) is 37.4 Å². The second-order valence-electron chi connectivity index (χ2n) is 8.91. The van der Waals surface area contributed by atoms with Gasteiger partial charge in [-0.2, -0.15) is 0 Å². The minimum atomic E-state index is -1.78. The number of hydrogen-bond donors (Lipinski definition) is 3. The van der Waals surface area contributed by atoms with Gasteiger partial charge in [0, 0.05) is 16.7 Å². The molecule has 0 saturated heterocycles. The maximum atomic E-state index is 13.7. The molecule has 8 nitrogen and oxygen atoms in total. The first kappa shape index (κ1) is 26.2. The summed E-state index contributed by atoms with van der Waals surface area (Å²) in [6.07, 6.45) is 0.594. The fourth-order valence-electron chi connectivity index (χ4n) is 3.84. The van der Waals surface area contributed by atoms with Gasteiger partial charge < -0.3 is 19.5 Å². The van der Waals surface area contributed by atoms with Crippen LogP contribution in [0.25, 0.3) is 0 Å². The number of rotatable bonds is 7. The first-order valence-corrected chi connectivity index (χ1v) is 10.8. The molecule has 9 heteroatoms. The third-order valence-corrected chi connectivity index (χ3v) is 5.60. The average molecular weight is 456 g/mol. The molecular weight excluding hydrogens is 423 g/mol. The predicted octanol–water partition coefficient (Wildman–Crippen LogP) is 2.30. The Morgan fingerprint density at radius 2 is 1.79 bits per heavy atom. The predicted molar refractivity (Wildman–Crippen MR) is 128 cm³/mol. The number of carbonyl (C=O) groups excluding carboxylic acids is 2. The quantitative estimate of drug-likeness (QED) is 0.436. The van der Waals surface area contributed by atoms with Gasteiger partial charge in [-0.05, 0) is 54.6 Å². The van der Waals surface area contributed by atoms with Gasteiger partial charge in [-0.3, -0.25) is 15.0 Å². The lowest BCUT2D eigenvalue weighted by Gasteiger charge is -2.39. The SMILES string of the molecule is CCC(N(NC(=O)c1cc(OC)cc(B(O)O)c1)C(=O)c1cccc(OC)c1C)C(C)(C)C. The van der Waals surface area contributed by atoms with Gasteiger partial charge in [-0.1, -0.05) is 33.8 Å². The first-order chi connectivity index (χ1) is 15.4. The monoisotopic (exact) mass is 456 g/mol. The largest absolute Gasteiger partial charge is 0.497 e. The minimum absolute atomic E-state index is 0.101. The summed E-state index contributed by atoms with van der Waals surface area (Å²) in [5, 5.41) is 20.5. The molecule has 0 fully saturated rings. The highest BCUT2D eigenvalue weighted by Crippen LogP contribution is 2.29. The Morgan fingerprint density at radius 3 is 2.30 bits per heavy atom. The normalized spacial score (nSPS) is 12.0. The summed E-state index contributed by atoms with van der Waals surface area (Å²) in [5.41, 5.74) is 3.72. The van der Waals surface area contributed by atoms with Crippen LogP contribution in [-0.4, -0.2) is 54.3 Å². The van der Waals surface area contributed by atoms with Crippen LogP contribution in [0.2, 0.25) is 0 Å². The standard InChI is InChI=1S/C24H33BN2O6/c1-8-21(24(3,4)5)27(23(29)19-10-9-11-20(33-7)15(19)2)26-22(28)16-12-17(25(30)31)14-18(13-16)32-6/h9-14,21,30-31H,8H2,1-7H3,(H,26,28). The highest BCUT2D eigenvalue weighted by molar-refractivity contribution is 6.58. The van der Waals surface area contributed by atoms with Crippen molar-refractivity contribution in [1.82, 2.24) is 10.4 Å². The third-order valence-electron chi connectivity index (χ3n) is 5.60. The molecule has 33 heavy (non-hydrogen) atoms. The molecule has 2 rings (SSSR count). The Labute approximate surface area is 195 Å². The fourth-order valence-corrected chi connectivity index (χ4v) is 3.84. The van der Waals surface area contributed by atoms with Crippen molar-refractivity contribution in [3.05, 3.63) is 53.1 Å². The summed E-state index contributed by atoms with van der Waals surface area (Å²) >= 11 is 0. The molecule has 0 aliphatic heterocycles. The van der Waals surface area contributed by atoms with Crippen LogP contribution in [0.1, 0.15) is 60.4 Å². The lowest BCUT2D eigenvalue weighted by atomic mass is 9.79. The van der Waals surface area contributed by atoms with E-state index in [0.29, 0.717) is 23.3 Å². The number of nitrogens with zero attached hydrogens (tertiary/aromatic N) is 1. The van der Waals surface area contributed by atoms with E-state index < -0.39 is 13.0 Å². The van der Waals surface area contributed by atoms with Crippen LogP contribution in [0, 0.1) is 12.3 Å². The molecule has 0 bridgehead atoms. The minimum Gasteiger partial charge on any atom is -0.497 e. The Morgan fingerprint density at radius 1 is 1.12 bits per heavy atom. The molecule has 178 valence electrons. The van der Waals surface area contributed by atoms with E-state index in [0.717, 1.165) is 0 Å². The van der Waals surface area contributed by atoms with E-state index in [-0.39, 0.29) is 34.1 Å². The lowest BCUT2D eigenvalue weighted by molar-refractivity contribution is 0.0284. The van der Waals surface area contributed by atoms with Crippen molar-refractivity contribution in [2.75, 3.05) is 14.2 Å². The Balaban J connectivity index is 2.53. The van der Waals surface area contributed by atoms with Gasteiger partial charge in [0.15, 0.2) is 0 Å². The maximum absolute atomic E-state index is 13.7. The molecular formula is C24H33BN2O6. The molecule has 1 atom stereocenters. The van der Waals surface area contributed by atoms with E-state index in [4.69, 9.17) is 9.47 Å². The zero-order chi connectivity index (χ0) is 24.9. The number of hydrazine groups is 1. The van der Waals surface area contributed by atoms with Crippen molar-refractivity contribution in [1.29, 1.82) is 0 Å². The first-order valence-electron chi connectivity index (χ1n) is 10.8. The van der Waals surface area contributed by atoms with Gasteiger partial charge in [-0.15, -0.1) is 0 Å². The lowest BCUT2D eigenvalue weighted by Crippen LogP contribution is -2.56. The van der Waals surface area contributed by atoms with Gasteiger partial charge >= 0.3 is 7.12 Å². The summed E-state index contributed by atoms with van der Waals surface area (Å²) in [5.74, 6) is -0.0836. The zero-order valence-electron chi connectivity index (χ0n) is 20.3. The number of methoxy groups -OCH3 is 2. The van der Waals surface area contributed by atoms with Gasteiger partial charge in [0.05, 0.1) is 20.3 Å². The summed E-state index contributed by atoms with van der Waals surface area (Å²) < 4.78 is 10.5. The molecule has 3 N–H and O–H groups in total. The molecule has 2 amide bonds. The van der Waals surface area contributed by atoms with E-state index in [2.05, 4.69) is 5.43 Å². The summed E-state index contributed by atoms with van der Waals surface area (Å²) in [4.78, 5) is 26.9. The summed E-state index contributed by atoms with van der Waals surface area (Å²) in [6.45, 7) is 9.74. The van der Waals surface area contributed by atoms with Crippen LogP contribution in [0.3, 0.4) is 0 Å². The van der Waals surface area contributed by atoms with Crippen molar-refractivity contribution in [3.63, 3.8) is 0 Å². The van der Waals surface area contributed by atoms with Gasteiger partial charge in [0.25, 0.3) is 11.8 Å². The number of nitrogens with one attached hydrogen (secondary N) is 1. The van der Waals surface area contributed by atoms with Gasteiger partial charge in [0.2, 0.25) is 0 Å². The second-order valence-corrected chi connectivity index (χ2v) is 8.91. The van der Waals surface area contributed by atoms with Crippen LogP contribution in [0.5, 0.6) is 11.5 Å². The number of ether oxygens (including phenoxy) is 2. The number of benzene rings is 2. The summed E-state index contributed by atoms with van der Waals surface area (Å²) in [6, 6.07) is 9.11. The topological polar surface area (TPSA) is 108 Å². The van der Waals surface area contributed by atoms with Crippen molar-refractivity contribution < 1.29 is 29.1 Å². The van der Waals surface area contributed by atoms with Crippen LogP contribution in [0.15, 0.2) is 36.4 Å². The molecule has 0 aromatic heterocycles. The molecule has 0 saturated carbocycles. The average Bonchev–Trinajstić information content (AvgIpc) is 2.77. The molecule has 2 aromatic carbocycles. The van der Waals surface area contributed by atoms with E-state index in [1.807, 2.05) is 27.7 Å². The smallest absolute Gasteiger partial charge is 0.488 e. The number of carbonyl (C=O) groups is 2. The molecule has 2 aromatic rings. The highest BCUT2D eigenvalue weighted by Gasteiger charge is 2.35. The molecule has 0 aliphatic carbocycles. The third kappa shape index (κ3) is 6.06. The number of hydrogen-bond acceptors (Lipinski definition) is 6. The fraction of sp³-hybridized carbons (Fsp3) is 0.417. The van der Waals surface area contributed by atoms with Crippen molar-refractivity contribution >= 4 is 24.4 Å². The van der Waals surface area contributed by atoms with E-state index in [9.17, 15) is 19.6 Å². The summed E-state index contributed by atoms with van der Waals surface area (Å²) in [7, 11) is 1.18. The number of amides is 2. The van der Waals surface area contributed by atoms with Crippen molar-refractivity contribution in [2.45, 2.75) is 47.1 Å². The maximum Gasteiger partial charge on any atom is 0.488 e. The van der Waals surface area contributed by atoms with Crippen LogP contribution in [-0.2, 0) is 0 Å². The van der Waals surface area contributed by atoms with Crippen LogP contribution in [0.4, 0.5) is 0 Å². The van der Waals surface area contributed by atoms with E-state index >= 15 is 0 Å².